The molecule has 0 aliphatic heterocycles. The van der Waals surface area contributed by atoms with Crippen molar-refractivity contribution in [1.29, 1.82) is 0 Å². The van der Waals surface area contributed by atoms with Gasteiger partial charge in [0.1, 0.15) is 17.0 Å². The van der Waals surface area contributed by atoms with E-state index >= 15 is 0 Å². The van der Waals surface area contributed by atoms with Gasteiger partial charge in [0.2, 0.25) is 0 Å². The Balaban J connectivity index is 1.16. The van der Waals surface area contributed by atoms with Gasteiger partial charge in [-0.2, -0.15) is 0 Å². The predicted molar refractivity (Wildman–Crippen MR) is 216 cm³/mol. The number of hydrogen-bond donors (Lipinski definition) is 0. The van der Waals surface area contributed by atoms with E-state index in [2.05, 4.69) is 108 Å². The highest BCUT2D eigenvalue weighted by Crippen LogP contribution is 2.42. The van der Waals surface area contributed by atoms with E-state index in [1.54, 1.807) is 11.3 Å². The molecule has 0 spiro atoms. The third-order valence-corrected chi connectivity index (χ3v) is 11.0. The van der Waals surface area contributed by atoms with Crippen LogP contribution in [-0.4, -0.2) is 24.5 Å². The number of benzene rings is 7. The Hall–Kier alpha value is -6.96. The summed E-state index contributed by atoms with van der Waals surface area (Å²) >= 11 is 1.79. The molecule has 4 aromatic heterocycles. The van der Waals surface area contributed by atoms with E-state index in [9.17, 15) is 0 Å². The second-order valence-corrected chi connectivity index (χ2v) is 14.1. The minimum atomic E-state index is 0.584. The molecule has 0 N–H and O–H groups in total. The summed E-state index contributed by atoms with van der Waals surface area (Å²) in [4.78, 5) is 20.7. The first-order chi connectivity index (χ1) is 26.3. The molecule has 0 saturated heterocycles. The van der Waals surface area contributed by atoms with Crippen LogP contribution in [0.1, 0.15) is 0 Å². The number of fused-ring (bicyclic) bond motifs is 7. The van der Waals surface area contributed by atoms with Crippen molar-refractivity contribution in [2.45, 2.75) is 0 Å². The topological polar surface area (TPSA) is 69.6 Å². The van der Waals surface area contributed by atoms with Crippen LogP contribution in [0.2, 0.25) is 0 Å². The maximum Gasteiger partial charge on any atom is 0.164 e. The number of rotatable bonds is 5. The molecule has 4 heterocycles. The smallest absolute Gasteiger partial charge is 0.164 e. The average molecular weight is 698 g/mol. The Labute approximate surface area is 307 Å². The van der Waals surface area contributed by atoms with Crippen molar-refractivity contribution < 1.29 is 4.42 Å². The van der Waals surface area contributed by atoms with Crippen LogP contribution in [0.3, 0.4) is 0 Å². The number of hydrogen-bond acceptors (Lipinski definition) is 6. The Bertz CT molecular complexity index is 3180. The second kappa shape index (κ2) is 11.8. The first-order valence-electron chi connectivity index (χ1n) is 17.5. The van der Waals surface area contributed by atoms with E-state index < -0.39 is 0 Å². The Morgan fingerprint density at radius 1 is 0.453 bits per heavy atom. The molecule has 53 heavy (non-hydrogen) atoms. The van der Waals surface area contributed by atoms with E-state index in [0.717, 1.165) is 72.1 Å². The summed E-state index contributed by atoms with van der Waals surface area (Å²) in [6.45, 7) is 0. The summed E-state index contributed by atoms with van der Waals surface area (Å²) in [5, 5.41) is 4.27. The molecule has 6 nitrogen and oxygen atoms in total. The molecule has 0 bridgehead atoms. The van der Waals surface area contributed by atoms with Crippen molar-refractivity contribution >= 4 is 64.5 Å². The zero-order valence-electron chi connectivity index (χ0n) is 28.1. The zero-order valence-corrected chi connectivity index (χ0v) is 29.0. The van der Waals surface area contributed by atoms with Gasteiger partial charge in [0.15, 0.2) is 17.5 Å². The predicted octanol–water partition coefficient (Wildman–Crippen LogP) is 12.1. The van der Waals surface area contributed by atoms with Crippen LogP contribution in [0.5, 0.6) is 0 Å². The van der Waals surface area contributed by atoms with Gasteiger partial charge in [0.05, 0.1) is 11.0 Å². The lowest BCUT2D eigenvalue weighted by atomic mass is 10.0. The van der Waals surface area contributed by atoms with Crippen molar-refractivity contribution in [3.8, 4) is 51.2 Å². The van der Waals surface area contributed by atoms with Crippen molar-refractivity contribution in [3.05, 3.63) is 164 Å². The van der Waals surface area contributed by atoms with Gasteiger partial charge in [0.25, 0.3) is 0 Å². The zero-order chi connectivity index (χ0) is 34.9. The monoisotopic (exact) mass is 697 g/mol. The quantitative estimate of drug-likeness (QED) is 0.179. The number of aromatic nitrogens is 5. The van der Waals surface area contributed by atoms with E-state index in [0.29, 0.717) is 17.5 Å². The van der Waals surface area contributed by atoms with Crippen LogP contribution >= 0.6 is 11.3 Å². The number of imidazole rings is 1. The molecular weight excluding hydrogens is 671 g/mol. The molecule has 0 radical (unpaired) electrons. The third-order valence-electron chi connectivity index (χ3n) is 9.88. The Morgan fingerprint density at radius 2 is 1.13 bits per heavy atom. The summed E-state index contributed by atoms with van der Waals surface area (Å²) in [7, 11) is 0. The molecule has 0 atom stereocenters. The molecular formula is C46H27N5OS. The maximum atomic E-state index is 6.51. The van der Waals surface area contributed by atoms with Crippen LogP contribution in [-0.2, 0) is 0 Å². The molecule has 0 aliphatic rings. The van der Waals surface area contributed by atoms with Gasteiger partial charge in [0, 0.05) is 58.9 Å². The Kier molecular flexibility index (Phi) is 6.62. The highest BCUT2D eigenvalue weighted by Gasteiger charge is 2.21. The van der Waals surface area contributed by atoms with Crippen molar-refractivity contribution in [1.82, 2.24) is 24.5 Å². The maximum absolute atomic E-state index is 6.51. The van der Waals surface area contributed by atoms with E-state index in [1.165, 1.54) is 14.8 Å². The lowest BCUT2D eigenvalue weighted by Gasteiger charge is -2.11. The van der Waals surface area contributed by atoms with Crippen LogP contribution in [0, 0.1) is 0 Å². The van der Waals surface area contributed by atoms with Gasteiger partial charge in [-0.25, -0.2) is 19.9 Å². The number of furan rings is 1. The van der Waals surface area contributed by atoms with E-state index in [-0.39, 0.29) is 0 Å². The summed E-state index contributed by atoms with van der Waals surface area (Å²) in [5.41, 5.74) is 8.33. The molecule has 7 aromatic carbocycles. The van der Waals surface area contributed by atoms with Crippen LogP contribution in [0.4, 0.5) is 0 Å². The largest absolute Gasteiger partial charge is 0.456 e. The minimum Gasteiger partial charge on any atom is -0.456 e. The molecule has 0 saturated carbocycles. The number of nitrogens with zero attached hydrogens (tertiary/aromatic N) is 5. The molecule has 7 heteroatoms. The van der Waals surface area contributed by atoms with Gasteiger partial charge in [-0.15, -0.1) is 11.3 Å². The molecule has 248 valence electrons. The van der Waals surface area contributed by atoms with Gasteiger partial charge >= 0.3 is 0 Å². The summed E-state index contributed by atoms with van der Waals surface area (Å²) < 4.78 is 11.2. The first kappa shape index (κ1) is 29.7. The standard InChI is InChI=1S/C46H27N5OS/c1-3-13-28(14-4-1)43-48-44(50-45(49-43)33-19-12-24-40-42(33)31-17-7-10-23-39(31)53-40)32-18-11-22-38-41(32)34-27-29(25-26-37(34)52-38)46-47-35-20-8-9-21-36(35)51(46)30-15-5-2-6-16-30/h1-27H. The van der Waals surface area contributed by atoms with Crippen LogP contribution < -0.4 is 0 Å². The SMILES string of the molecule is c1ccc(-c2nc(-c3cccc4oc5ccc(-c6nc7ccccc7n6-c6ccccc6)cc5c34)nc(-c3cccc4sc5ccccc5c34)n2)cc1. The molecule has 0 fully saturated rings. The van der Waals surface area contributed by atoms with E-state index in [1.807, 2.05) is 60.7 Å². The van der Waals surface area contributed by atoms with Crippen LogP contribution in [0.25, 0.3) is 104 Å². The van der Waals surface area contributed by atoms with Gasteiger partial charge in [-0.05, 0) is 60.7 Å². The third kappa shape index (κ3) is 4.79. The molecule has 0 aliphatic carbocycles. The normalized spacial score (nSPS) is 11.8. The van der Waals surface area contributed by atoms with Crippen molar-refractivity contribution in [3.63, 3.8) is 0 Å². The fourth-order valence-corrected chi connectivity index (χ4v) is 8.64. The lowest BCUT2D eigenvalue weighted by Crippen LogP contribution is -2.00. The number of thiophene rings is 1. The molecule has 11 rings (SSSR count). The van der Waals surface area contributed by atoms with Crippen molar-refractivity contribution in [2.24, 2.45) is 0 Å². The van der Waals surface area contributed by atoms with Crippen molar-refractivity contribution in [2.75, 3.05) is 0 Å². The lowest BCUT2D eigenvalue weighted by molar-refractivity contribution is 0.669. The highest BCUT2D eigenvalue weighted by molar-refractivity contribution is 7.25. The second-order valence-electron chi connectivity index (χ2n) is 13.0. The van der Waals surface area contributed by atoms with Gasteiger partial charge in [-0.1, -0.05) is 103 Å². The molecule has 11 aromatic rings. The highest BCUT2D eigenvalue weighted by atomic mass is 32.1. The van der Waals surface area contributed by atoms with E-state index in [4.69, 9.17) is 24.4 Å². The molecule has 0 amide bonds. The van der Waals surface area contributed by atoms with Gasteiger partial charge in [-0.3, -0.25) is 4.57 Å². The summed E-state index contributed by atoms with van der Waals surface area (Å²) in [6.07, 6.45) is 0. The number of para-hydroxylation sites is 3. The first-order valence-corrected chi connectivity index (χ1v) is 18.3. The fraction of sp³-hybridized carbons (Fsp3) is 0. The minimum absolute atomic E-state index is 0.584. The summed E-state index contributed by atoms with van der Waals surface area (Å²) in [5.74, 6) is 2.69. The Morgan fingerprint density at radius 3 is 1.98 bits per heavy atom. The van der Waals surface area contributed by atoms with Gasteiger partial charge < -0.3 is 4.42 Å². The fourth-order valence-electron chi connectivity index (χ4n) is 7.50. The van der Waals surface area contributed by atoms with Crippen LogP contribution in [0.15, 0.2) is 168 Å². The summed E-state index contributed by atoms with van der Waals surface area (Å²) in [6, 6.07) is 56.1. The molecule has 0 unspecified atom stereocenters. The average Bonchev–Trinajstić information content (AvgIpc) is 3.92.